The normalized spacial score (nSPS) is 38.2. The number of hydrogen-bond donors (Lipinski definition) is 2. The van der Waals surface area contributed by atoms with Gasteiger partial charge in [-0.05, 0) is 0 Å². The summed E-state index contributed by atoms with van der Waals surface area (Å²) in [5.74, 6) is 0.0483. The standard InChI is InChI=1S/C5H11NO3S/c1-6-4-2-10(8,9)3-5(4)7/h4-7H,2-3H2,1H3/p+1/t4-,5-/m0/s1. The summed E-state index contributed by atoms with van der Waals surface area (Å²) in [6.45, 7) is 0. The molecule has 3 N–H and O–H groups in total. The largest absolute Gasteiger partial charge is 0.386 e. The van der Waals surface area contributed by atoms with E-state index in [0.717, 1.165) is 0 Å². The summed E-state index contributed by atoms with van der Waals surface area (Å²) < 4.78 is 21.7. The molecule has 10 heavy (non-hydrogen) atoms. The number of rotatable bonds is 1. The Bertz CT molecular complexity index is 211. The lowest BCUT2D eigenvalue weighted by molar-refractivity contribution is -0.664. The lowest BCUT2D eigenvalue weighted by atomic mass is 10.2. The second-order valence-corrected chi connectivity index (χ2v) is 4.80. The van der Waals surface area contributed by atoms with Gasteiger partial charge >= 0.3 is 0 Å². The number of sulfone groups is 1. The lowest BCUT2D eigenvalue weighted by Crippen LogP contribution is -2.89. The van der Waals surface area contributed by atoms with Crippen LogP contribution in [0.15, 0.2) is 0 Å². The first-order valence-electron chi connectivity index (χ1n) is 3.23. The topological polar surface area (TPSA) is 71.0 Å². The molecule has 0 unspecified atom stereocenters. The van der Waals surface area contributed by atoms with Crippen molar-refractivity contribution in [3.05, 3.63) is 0 Å². The minimum absolute atomic E-state index is 0.0675. The van der Waals surface area contributed by atoms with Gasteiger partial charge in [0.15, 0.2) is 9.84 Å². The number of hydrogen-bond acceptors (Lipinski definition) is 3. The van der Waals surface area contributed by atoms with E-state index in [2.05, 4.69) is 0 Å². The molecule has 0 saturated carbocycles. The Morgan fingerprint density at radius 2 is 2.10 bits per heavy atom. The fourth-order valence-electron chi connectivity index (χ4n) is 1.17. The SMILES string of the molecule is C[NH2+][C@H]1CS(=O)(=O)C[C@@H]1O. The molecule has 0 aromatic rings. The first-order valence-corrected chi connectivity index (χ1v) is 5.05. The molecule has 1 aliphatic rings. The molecule has 1 rings (SSSR count). The maximum Gasteiger partial charge on any atom is 0.159 e. The van der Waals surface area contributed by atoms with Crippen LogP contribution >= 0.6 is 0 Å². The summed E-state index contributed by atoms with van der Waals surface area (Å²) in [5.41, 5.74) is 0. The molecule has 60 valence electrons. The van der Waals surface area contributed by atoms with Crippen molar-refractivity contribution in [3.63, 3.8) is 0 Å². The summed E-state index contributed by atoms with van der Waals surface area (Å²) in [4.78, 5) is 0. The predicted octanol–water partition coefficient (Wildman–Crippen LogP) is -2.66. The highest BCUT2D eigenvalue weighted by Crippen LogP contribution is 2.08. The van der Waals surface area contributed by atoms with Crippen LogP contribution in [0.2, 0.25) is 0 Å². The van der Waals surface area contributed by atoms with Gasteiger partial charge in [0.2, 0.25) is 0 Å². The van der Waals surface area contributed by atoms with E-state index in [1.165, 1.54) is 0 Å². The smallest absolute Gasteiger partial charge is 0.159 e. The quantitative estimate of drug-likeness (QED) is 0.446. The molecule has 1 heterocycles. The maximum atomic E-state index is 10.8. The minimum Gasteiger partial charge on any atom is -0.386 e. The van der Waals surface area contributed by atoms with Crippen LogP contribution in [0.3, 0.4) is 0 Å². The van der Waals surface area contributed by atoms with Crippen molar-refractivity contribution in [2.45, 2.75) is 12.1 Å². The van der Waals surface area contributed by atoms with Crippen LogP contribution in [0.4, 0.5) is 0 Å². The number of likely N-dealkylation sites (N-methyl/N-ethyl adjacent to an activating group) is 1. The van der Waals surface area contributed by atoms with E-state index in [4.69, 9.17) is 5.11 Å². The first-order chi connectivity index (χ1) is 4.55. The summed E-state index contributed by atoms with van der Waals surface area (Å²) in [7, 11) is -1.17. The van der Waals surface area contributed by atoms with Crippen LogP contribution in [0.5, 0.6) is 0 Å². The van der Waals surface area contributed by atoms with Crippen LogP contribution in [-0.2, 0) is 9.84 Å². The molecular weight excluding hydrogens is 154 g/mol. The van der Waals surface area contributed by atoms with Gasteiger partial charge in [0.1, 0.15) is 17.9 Å². The highest BCUT2D eigenvalue weighted by atomic mass is 32.2. The maximum absolute atomic E-state index is 10.8. The Hall–Kier alpha value is -0.130. The van der Waals surface area contributed by atoms with Crippen molar-refractivity contribution in [2.75, 3.05) is 18.6 Å². The molecule has 0 spiro atoms. The lowest BCUT2D eigenvalue weighted by Gasteiger charge is -2.05. The fourth-order valence-corrected chi connectivity index (χ4v) is 3.08. The van der Waals surface area contributed by atoms with Crippen molar-refractivity contribution in [2.24, 2.45) is 0 Å². The van der Waals surface area contributed by atoms with E-state index in [-0.39, 0.29) is 17.5 Å². The zero-order chi connectivity index (χ0) is 7.78. The third-order valence-electron chi connectivity index (χ3n) is 1.79. The monoisotopic (exact) mass is 166 g/mol. The van der Waals surface area contributed by atoms with Gasteiger partial charge in [-0.1, -0.05) is 0 Å². The number of nitrogens with two attached hydrogens (primary N) is 1. The average Bonchev–Trinajstić information content (AvgIpc) is 2.05. The summed E-state index contributed by atoms with van der Waals surface area (Å²) >= 11 is 0. The molecule has 5 heteroatoms. The third kappa shape index (κ3) is 1.47. The van der Waals surface area contributed by atoms with Gasteiger partial charge in [-0.2, -0.15) is 0 Å². The van der Waals surface area contributed by atoms with Crippen molar-refractivity contribution in [1.82, 2.24) is 0 Å². The number of aliphatic hydroxyl groups excluding tert-OH is 1. The molecule has 4 nitrogen and oxygen atoms in total. The molecule has 0 aromatic heterocycles. The van der Waals surface area contributed by atoms with Crippen molar-refractivity contribution >= 4 is 9.84 Å². The molecule has 1 aliphatic heterocycles. The Balaban J connectivity index is 2.71. The van der Waals surface area contributed by atoms with Crippen LogP contribution in [0.25, 0.3) is 0 Å². The molecular formula is C5H12NO3S+. The van der Waals surface area contributed by atoms with E-state index in [1.807, 2.05) is 0 Å². The molecule has 0 amide bonds. The van der Waals surface area contributed by atoms with Crippen LogP contribution < -0.4 is 5.32 Å². The number of quaternary nitrogens is 1. The molecule has 0 radical (unpaired) electrons. The van der Waals surface area contributed by atoms with Gasteiger partial charge in [0.25, 0.3) is 0 Å². The molecule has 0 aliphatic carbocycles. The summed E-state index contributed by atoms with van der Waals surface area (Å²) in [5, 5.41) is 10.9. The second kappa shape index (κ2) is 2.48. The first kappa shape index (κ1) is 7.97. The zero-order valence-electron chi connectivity index (χ0n) is 5.82. The average molecular weight is 166 g/mol. The molecule has 1 fully saturated rings. The van der Waals surface area contributed by atoms with Crippen LogP contribution in [-0.4, -0.2) is 44.2 Å². The Kier molecular flexibility index (Phi) is 1.98. The van der Waals surface area contributed by atoms with Gasteiger partial charge in [-0.15, -0.1) is 0 Å². The van der Waals surface area contributed by atoms with Crippen molar-refractivity contribution < 1.29 is 18.8 Å². The van der Waals surface area contributed by atoms with E-state index in [9.17, 15) is 8.42 Å². The van der Waals surface area contributed by atoms with E-state index in [0.29, 0.717) is 0 Å². The Morgan fingerprint density at radius 1 is 1.50 bits per heavy atom. The number of aliphatic hydroxyl groups is 1. The van der Waals surface area contributed by atoms with Gasteiger partial charge in [-0.25, -0.2) is 8.42 Å². The highest BCUT2D eigenvalue weighted by Gasteiger charge is 2.38. The van der Waals surface area contributed by atoms with Crippen molar-refractivity contribution in [1.29, 1.82) is 0 Å². The predicted molar refractivity (Wildman–Crippen MR) is 36.3 cm³/mol. The van der Waals surface area contributed by atoms with Gasteiger partial charge in [-0.3, -0.25) is 0 Å². The van der Waals surface area contributed by atoms with E-state index >= 15 is 0 Å². The molecule has 1 saturated heterocycles. The van der Waals surface area contributed by atoms with Gasteiger partial charge in [0.05, 0.1) is 12.8 Å². The van der Waals surface area contributed by atoms with E-state index < -0.39 is 15.9 Å². The van der Waals surface area contributed by atoms with Crippen LogP contribution in [0, 0.1) is 0 Å². The molecule has 0 bridgehead atoms. The minimum atomic E-state index is -2.94. The molecule has 0 aromatic carbocycles. The van der Waals surface area contributed by atoms with E-state index in [1.54, 1.807) is 12.4 Å². The fraction of sp³-hybridized carbons (Fsp3) is 1.00. The highest BCUT2D eigenvalue weighted by molar-refractivity contribution is 7.91. The zero-order valence-corrected chi connectivity index (χ0v) is 6.63. The van der Waals surface area contributed by atoms with Crippen LogP contribution in [0.1, 0.15) is 0 Å². The Labute approximate surface area is 60.2 Å². The Morgan fingerprint density at radius 3 is 2.30 bits per heavy atom. The second-order valence-electron chi connectivity index (χ2n) is 2.64. The summed E-state index contributed by atoms with van der Waals surface area (Å²) in [6.07, 6.45) is -0.671. The summed E-state index contributed by atoms with van der Waals surface area (Å²) in [6, 6.07) is -0.148. The van der Waals surface area contributed by atoms with Gasteiger partial charge < -0.3 is 10.4 Å². The van der Waals surface area contributed by atoms with Crippen molar-refractivity contribution in [3.8, 4) is 0 Å². The molecule has 2 atom stereocenters. The third-order valence-corrected chi connectivity index (χ3v) is 3.54. The van der Waals surface area contributed by atoms with Gasteiger partial charge in [0, 0.05) is 0 Å².